The molecule has 6 heteroatoms. The topological polar surface area (TPSA) is 47.4 Å². The van der Waals surface area contributed by atoms with Crippen molar-refractivity contribution in [3.8, 4) is 5.75 Å². The number of aryl methyl sites for hydroxylation is 1. The van der Waals surface area contributed by atoms with E-state index in [9.17, 15) is 4.79 Å². The van der Waals surface area contributed by atoms with E-state index in [0.29, 0.717) is 13.2 Å². The van der Waals surface area contributed by atoms with E-state index in [0.717, 1.165) is 30.8 Å². The van der Waals surface area contributed by atoms with Crippen LogP contribution in [0.2, 0.25) is 0 Å². The second-order valence-corrected chi connectivity index (χ2v) is 7.05. The summed E-state index contributed by atoms with van der Waals surface area (Å²) >= 11 is 1.59. The van der Waals surface area contributed by atoms with Crippen molar-refractivity contribution in [3.63, 3.8) is 0 Å². The summed E-state index contributed by atoms with van der Waals surface area (Å²) in [6.45, 7) is 6.81. The van der Waals surface area contributed by atoms with E-state index in [4.69, 9.17) is 4.74 Å². The van der Waals surface area contributed by atoms with Gasteiger partial charge in [-0.05, 0) is 44.2 Å². The highest BCUT2D eigenvalue weighted by Gasteiger charge is 2.19. The lowest BCUT2D eigenvalue weighted by molar-refractivity contribution is -0.131. The molecule has 0 saturated carbocycles. The Morgan fingerprint density at radius 3 is 2.72 bits per heavy atom. The largest absolute Gasteiger partial charge is 0.494 e. The van der Waals surface area contributed by atoms with Gasteiger partial charge in [0, 0.05) is 32.0 Å². The molecular formula is C19H27N3O2S. The minimum absolute atomic E-state index is 0.0315. The van der Waals surface area contributed by atoms with Crippen LogP contribution in [0.15, 0.2) is 43.0 Å². The number of rotatable bonds is 10. The summed E-state index contributed by atoms with van der Waals surface area (Å²) in [4.78, 5) is 18.7. The number of ether oxygens (including phenoxy) is 1. The van der Waals surface area contributed by atoms with Crippen LogP contribution in [0.5, 0.6) is 5.75 Å². The summed E-state index contributed by atoms with van der Waals surface area (Å²) in [6.07, 6.45) is 8.41. The van der Waals surface area contributed by atoms with Gasteiger partial charge >= 0.3 is 0 Å². The highest BCUT2D eigenvalue weighted by molar-refractivity contribution is 7.99. The fourth-order valence-electron chi connectivity index (χ4n) is 2.57. The first-order chi connectivity index (χ1) is 12.1. The van der Waals surface area contributed by atoms with Gasteiger partial charge in [0.1, 0.15) is 5.75 Å². The van der Waals surface area contributed by atoms with Gasteiger partial charge in [0.05, 0.1) is 18.2 Å². The zero-order chi connectivity index (χ0) is 18.1. The lowest BCUT2D eigenvalue weighted by Crippen LogP contribution is -2.37. The number of hydrogen-bond acceptors (Lipinski definition) is 4. The molecule has 2 aromatic rings. The van der Waals surface area contributed by atoms with Gasteiger partial charge < -0.3 is 14.2 Å². The monoisotopic (exact) mass is 361 g/mol. The molecule has 0 fully saturated rings. The van der Waals surface area contributed by atoms with Crippen LogP contribution in [0, 0.1) is 0 Å². The minimum Gasteiger partial charge on any atom is -0.494 e. The average molecular weight is 362 g/mol. The van der Waals surface area contributed by atoms with Gasteiger partial charge in [-0.15, -0.1) is 0 Å². The standard InChI is InChI=1S/C19H27N3O2S/c1-4-24-18-8-6-17(7-9-18)14-22(19(23)16(2)25-3)12-5-11-21-13-10-20-15-21/h6-10,13,15-16H,4-5,11-12,14H2,1-3H3/t16-/m1/s1. The number of carbonyl (C=O) groups excluding carboxylic acids is 1. The van der Waals surface area contributed by atoms with Crippen molar-refractivity contribution in [1.29, 1.82) is 0 Å². The summed E-state index contributed by atoms with van der Waals surface area (Å²) < 4.78 is 7.52. The van der Waals surface area contributed by atoms with Crippen molar-refractivity contribution in [1.82, 2.24) is 14.5 Å². The molecule has 2 rings (SSSR count). The molecule has 0 aliphatic heterocycles. The van der Waals surface area contributed by atoms with Crippen molar-refractivity contribution in [2.45, 2.75) is 38.6 Å². The van der Waals surface area contributed by atoms with E-state index in [1.54, 1.807) is 18.0 Å². The van der Waals surface area contributed by atoms with Crippen molar-refractivity contribution in [2.24, 2.45) is 0 Å². The van der Waals surface area contributed by atoms with E-state index < -0.39 is 0 Å². The SMILES string of the molecule is CCOc1ccc(CN(CCCn2ccnc2)C(=O)[C@@H](C)SC)cc1. The van der Waals surface area contributed by atoms with E-state index in [2.05, 4.69) is 4.98 Å². The molecule has 0 aliphatic rings. The summed E-state index contributed by atoms with van der Waals surface area (Å²) in [6, 6.07) is 7.99. The molecule has 0 N–H and O–H groups in total. The fraction of sp³-hybridized carbons (Fsp3) is 0.474. The third-order valence-electron chi connectivity index (χ3n) is 4.02. The molecular weight excluding hydrogens is 334 g/mol. The number of aromatic nitrogens is 2. The van der Waals surface area contributed by atoms with Crippen LogP contribution in [0.3, 0.4) is 0 Å². The van der Waals surface area contributed by atoms with Gasteiger partial charge in [0.15, 0.2) is 0 Å². The summed E-state index contributed by atoms with van der Waals surface area (Å²) in [5.74, 6) is 1.05. The van der Waals surface area contributed by atoms with E-state index in [1.807, 2.05) is 66.4 Å². The molecule has 1 aromatic heterocycles. The summed E-state index contributed by atoms with van der Waals surface area (Å²) in [7, 11) is 0. The first kappa shape index (κ1) is 19.4. The molecule has 1 heterocycles. The Morgan fingerprint density at radius 1 is 1.36 bits per heavy atom. The van der Waals surface area contributed by atoms with Crippen LogP contribution in [0.25, 0.3) is 0 Å². The second kappa shape index (κ2) is 10.1. The third kappa shape index (κ3) is 6.12. The van der Waals surface area contributed by atoms with Gasteiger partial charge in [-0.25, -0.2) is 4.98 Å². The second-order valence-electron chi connectivity index (χ2n) is 5.87. The molecule has 1 amide bonds. The normalized spacial score (nSPS) is 12.0. The highest BCUT2D eigenvalue weighted by Crippen LogP contribution is 2.16. The number of thioether (sulfide) groups is 1. The first-order valence-corrected chi connectivity index (χ1v) is 9.92. The third-order valence-corrected chi connectivity index (χ3v) is 4.93. The quantitative estimate of drug-likeness (QED) is 0.650. The van der Waals surface area contributed by atoms with Crippen molar-refractivity contribution in [3.05, 3.63) is 48.5 Å². The van der Waals surface area contributed by atoms with Crippen LogP contribution in [0.4, 0.5) is 0 Å². The Bertz CT molecular complexity index is 629. The maximum atomic E-state index is 12.7. The van der Waals surface area contributed by atoms with Crippen molar-refractivity contribution >= 4 is 17.7 Å². The van der Waals surface area contributed by atoms with E-state index >= 15 is 0 Å². The number of nitrogens with zero attached hydrogens (tertiary/aromatic N) is 3. The predicted octanol–water partition coefficient (Wildman–Crippen LogP) is 3.45. The Hall–Kier alpha value is -1.95. The maximum Gasteiger partial charge on any atom is 0.235 e. The molecule has 0 spiro atoms. The average Bonchev–Trinajstić information content (AvgIpc) is 3.15. The molecule has 136 valence electrons. The predicted molar refractivity (Wildman–Crippen MR) is 103 cm³/mol. The zero-order valence-electron chi connectivity index (χ0n) is 15.2. The molecule has 0 aliphatic carbocycles. The Labute approximate surface area is 154 Å². The Balaban J connectivity index is 1.98. The molecule has 0 bridgehead atoms. The molecule has 1 atom stereocenters. The number of hydrogen-bond donors (Lipinski definition) is 0. The molecule has 25 heavy (non-hydrogen) atoms. The molecule has 5 nitrogen and oxygen atoms in total. The van der Waals surface area contributed by atoms with Gasteiger partial charge in [-0.1, -0.05) is 12.1 Å². The Morgan fingerprint density at radius 2 is 2.12 bits per heavy atom. The molecule has 0 unspecified atom stereocenters. The lowest BCUT2D eigenvalue weighted by atomic mass is 10.2. The summed E-state index contributed by atoms with van der Waals surface area (Å²) in [5, 5.41) is -0.0315. The molecule has 0 radical (unpaired) electrons. The van der Waals surface area contributed by atoms with Crippen LogP contribution >= 0.6 is 11.8 Å². The van der Waals surface area contributed by atoms with E-state index in [1.165, 1.54) is 0 Å². The zero-order valence-corrected chi connectivity index (χ0v) is 16.0. The molecule has 0 saturated heterocycles. The van der Waals surface area contributed by atoms with Crippen molar-refractivity contribution in [2.75, 3.05) is 19.4 Å². The fourth-order valence-corrected chi connectivity index (χ4v) is 2.92. The van der Waals surface area contributed by atoms with Gasteiger partial charge in [-0.2, -0.15) is 11.8 Å². The van der Waals surface area contributed by atoms with Gasteiger partial charge in [-0.3, -0.25) is 4.79 Å². The van der Waals surface area contributed by atoms with Crippen LogP contribution in [-0.2, 0) is 17.9 Å². The number of benzene rings is 1. The maximum absolute atomic E-state index is 12.7. The van der Waals surface area contributed by atoms with E-state index in [-0.39, 0.29) is 11.2 Å². The van der Waals surface area contributed by atoms with Gasteiger partial charge in [0.25, 0.3) is 0 Å². The van der Waals surface area contributed by atoms with Crippen LogP contribution in [0.1, 0.15) is 25.8 Å². The van der Waals surface area contributed by atoms with Crippen LogP contribution < -0.4 is 4.74 Å². The number of amides is 1. The summed E-state index contributed by atoms with van der Waals surface area (Å²) in [5.41, 5.74) is 1.12. The number of imidazole rings is 1. The minimum atomic E-state index is -0.0315. The first-order valence-electron chi connectivity index (χ1n) is 8.63. The van der Waals surface area contributed by atoms with Gasteiger partial charge in [0.2, 0.25) is 5.91 Å². The van der Waals surface area contributed by atoms with Crippen molar-refractivity contribution < 1.29 is 9.53 Å². The Kier molecular flexibility index (Phi) is 7.85. The lowest BCUT2D eigenvalue weighted by Gasteiger charge is -2.25. The molecule has 1 aromatic carbocycles. The number of carbonyl (C=O) groups is 1. The highest BCUT2D eigenvalue weighted by atomic mass is 32.2. The smallest absolute Gasteiger partial charge is 0.235 e. The van der Waals surface area contributed by atoms with Crippen LogP contribution in [-0.4, -0.2) is 45.0 Å².